The van der Waals surface area contributed by atoms with Gasteiger partial charge >= 0.3 is 0 Å². The number of carbonyl (C=O) groups excluding carboxylic acids is 1. The van der Waals surface area contributed by atoms with E-state index in [1.54, 1.807) is 0 Å². The van der Waals surface area contributed by atoms with Crippen molar-refractivity contribution >= 4 is 17.7 Å². The lowest BCUT2D eigenvalue weighted by molar-refractivity contribution is -0.133. The zero-order valence-corrected chi connectivity index (χ0v) is 13.1. The summed E-state index contributed by atoms with van der Waals surface area (Å²) in [5, 5.41) is 3.49. The molecule has 0 aromatic carbocycles. The van der Waals surface area contributed by atoms with Crippen molar-refractivity contribution in [2.45, 2.75) is 64.6 Å². The number of rotatable bonds is 8. The van der Waals surface area contributed by atoms with Crippen molar-refractivity contribution in [2.75, 3.05) is 18.6 Å². The Hall–Kier alpha value is -0.220. The number of carbonyl (C=O) groups is 1. The summed E-state index contributed by atoms with van der Waals surface area (Å²) in [6, 6.07) is 0. The fraction of sp³-hybridized carbons (Fsp3) is 0.929. The number of nitrogens with zero attached hydrogens (tertiary/aromatic N) is 1. The van der Waals surface area contributed by atoms with E-state index < -0.39 is 0 Å². The fourth-order valence-corrected chi connectivity index (χ4v) is 3.00. The highest BCUT2D eigenvalue weighted by atomic mass is 32.2. The molecule has 2 unspecified atom stereocenters. The molecule has 3 nitrogen and oxygen atoms in total. The average Bonchev–Trinajstić information content (AvgIpc) is 2.63. The first-order chi connectivity index (χ1) is 8.59. The molecule has 1 saturated heterocycles. The van der Waals surface area contributed by atoms with Crippen molar-refractivity contribution in [2.24, 2.45) is 0 Å². The standard InChI is InChI=1S/C14H28N2OS/c1-5-12-15-14(3,6-2)13(17)16(12)10-8-7-9-11-18-4/h12,15H,5-11H2,1-4H3. The van der Waals surface area contributed by atoms with Gasteiger partial charge in [-0.1, -0.05) is 20.3 Å². The molecule has 0 spiro atoms. The van der Waals surface area contributed by atoms with Crippen LogP contribution < -0.4 is 5.32 Å². The molecule has 1 rings (SSSR count). The Morgan fingerprint density at radius 2 is 2.06 bits per heavy atom. The lowest BCUT2D eigenvalue weighted by Crippen LogP contribution is -2.43. The molecule has 0 aromatic heterocycles. The number of hydrogen-bond acceptors (Lipinski definition) is 3. The van der Waals surface area contributed by atoms with Crippen LogP contribution in [0.4, 0.5) is 0 Å². The summed E-state index contributed by atoms with van der Waals surface area (Å²) in [6.45, 7) is 7.17. The van der Waals surface area contributed by atoms with Crippen molar-refractivity contribution in [1.29, 1.82) is 0 Å². The van der Waals surface area contributed by atoms with Gasteiger partial charge in [0.05, 0.1) is 11.7 Å². The van der Waals surface area contributed by atoms with Gasteiger partial charge < -0.3 is 4.90 Å². The van der Waals surface area contributed by atoms with Gasteiger partial charge in [0.25, 0.3) is 0 Å². The van der Waals surface area contributed by atoms with E-state index in [2.05, 4.69) is 30.3 Å². The van der Waals surface area contributed by atoms with E-state index in [-0.39, 0.29) is 11.7 Å². The van der Waals surface area contributed by atoms with Crippen LogP contribution in [0.3, 0.4) is 0 Å². The molecule has 0 aromatic rings. The fourth-order valence-electron chi connectivity index (χ4n) is 2.50. The molecular formula is C14H28N2OS. The van der Waals surface area contributed by atoms with E-state index >= 15 is 0 Å². The molecule has 1 fully saturated rings. The van der Waals surface area contributed by atoms with Crippen LogP contribution in [0.15, 0.2) is 0 Å². The van der Waals surface area contributed by atoms with E-state index in [0.29, 0.717) is 5.91 Å². The third-order valence-electron chi connectivity index (χ3n) is 3.94. The highest BCUT2D eigenvalue weighted by molar-refractivity contribution is 7.98. The average molecular weight is 272 g/mol. The molecular weight excluding hydrogens is 244 g/mol. The molecule has 1 amide bonds. The summed E-state index contributed by atoms with van der Waals surface area (Å²) in [5.74, 6) is 1.53. The molecule has 18 heavy (non-hydrogen) atoms. The van der Waals surface area contributed by atoms with Gasteiger partial charge in [0.2, 0.25) is 5.91 Å². The van der Waals surface area contributed by atoms with Gasteiger partial charge in [-0.25, -0.2) is 0 Å². The van der Waals surface area contributed by atoms with Gasteiger partial charge in [0.15, 0.2) is 0 Å². The Labute approximate surface area is 116 Å². The van der Waals surface area contributed by atoms with E-state index in [9.17, 15) is 4.79 Å². The number of thioether (sulfide) groups is 1. The summed E-state index contributed by atoms with van der Waals surface area (Å²) >= 11 is 1.90. The van der Waals surface area contributed by atoms with Crippen molar-refractivity contribution in [3.05, 3.63) is 0 Å². The first-order valence-corrected chi connectivity index (χ1v) is 8.56. The zero-order chi connectivity index (χ0) is 13.6. The molecule has 0 radical (unpaired) electrons. The first kappa shape index (κ1) is 15.8. The molecule has 2 atom stereocenters. The summed E-state index contributed by atoms with van der Waals surface area (Å²) in [6.07, 6.45) is 7.86. The zero-order valence-electron chi connectivity index (χ0n) is 12.3. The van der Waals surface area contributed by atoms with Gasteiger partial charge in [0, 0.05) is 6.54 Å². The quantitative estimate of drug-likeness (QED) is 0.690. The third-order valence-corrected chi connectivity index (χ3v) is 4.63. The first-order valence-electron chi connectivity index (χ1n) is 7.16. The molecule has 0 aliphatic carbocycles. The van der Waals surface area contributed by atoms with Crippen LogP contribution in [0.25, 0.3) is 0 Å². The SMILES string of the molecule is CCC1NC(C)(CC)C(=O)N1CCCCCSC. The maximum absolute atomic E-state index is 12.4. The Morgan fingerprint density at radius 1 is 1.33 bits per heavy atom. The largest absolute Gasteiger partial charge is 0.326 e. The van der Waals surface area contributed by atoms with Crippen LogP contribution in [0.2, 0.25) is 0 Å². The van der Waals surface area contributed by atoms with Crippen LogP contribution in [0, 0.1) is 0 Å². The summed E-state index contributed by atoms with van der Waals surface area (Å²) in [5.41, 5.74) is -0.333. The van der Waals surface area contributed by atoms with E-state index in [1.165, 1.54) is 18.6 Å². The molecule has 1 aliphatic heterocycles. The number of amides is 1. The van der Waals surface area contributed by atoms with Gasteiger partial charge in [-0.2, -0.15) is 11.8 Å². The molecule has 106 valence electrons. The molecule has 1 N–H and O–H groups in total. The van der Waals surface area contributed by atoms with E-state index in [1.807, 2.05) is 18.7 Å². The Bertz CT molecular complexity index is 273. The Balaban J connectivity index is 2.45. The highest BCUT2D eigenvalue weighted by Crippen LogP contribution is 2.25. The Kier molecular flexibility index (Phi) is 6.50. The summed E-state index contributed by atoms with van der Waals surface area (Å²) in [7, 11) is 0. The second-order valence-corrected chi connectivity index (χ2v) is 6.29. The van der Waals surface area contributed by atoms with Crippen LogP contribution in [-0.2, 0) is 4.79 Å². The minimum Gasteiger partial charge on any atom is -0.326 e. The van der Waals surface area contributed by atoms with Crippen molar-refractivity contribution in [3.8, 4) is 0 Å². The predicted octanol–water partition coefficient (Wildman–Crippen LogP) is 2.86. The van der Waals surface area contributed by atoms with E-state index in [4.69, 9.17) is 0 Å². The van der Waals surface area contributed by atoms with Crippen molar-refractivity contribution in [3.63, 3.8) is 0 Å². The molecule has 4 heteroatoms. The molecule has 1 heterocycles. The summed E-state index contributed by atoms with van der Waals surface area (Å²) < 4.78 is 0. The van der Waals surface area contributed by atoms with Gasteiger partial charge in [0.1, 0.15) is 0 Å². The monoisotopic (exact) mass is 272 g/mol. The van der Waals surface area contributed by atoms with Crippen molar-refractivity contribution in [1.82, 2.24) is 10.2 Å². The van der Waals surface area contributed by atoms with E-state index in [0.717, 1.165) is 25.8 Å². The summed E-state index contributed by atoms with van der Waals surface area (Å²) in [4.78, 5) is 14.5. The van der Waals surface area contributed by atoms with Crippen molar-refractivity contribution < 1.29 is 4.79 Å². The van der Waals surface area contributed by atoms with Crippen LogP contribution in [-0.4, -0.2) is 41.1 Å². The third kappa shape index (κ3) is 3.64. The van der Waals surface area contributed by atoms with Crippen LogP contribution >= 0.6 is 11.8 Å². The number of unbranched alkanes of at least 4 members (excludes halogenated alkanes) is 2. The van der Waals surface area contributed by atoms with Crippen LogP contribution in [0.5, 0.6) is 0 Å². The number of nitrogens with one attached hydrogen (secondary N) is 1. The van der Waals surface area contributed by atoms with Gasteiger partial charge in [-0.3, -0.25) is 10.1 Å². The lowest BCUT2D eigenvalue weighted by Gasteiger charge is -2.23. The minimum absolute atomic E-state index is 0.239. The Morgan fingerprint density at radius 3 is 2.61 bits per heavy atom. The second kappa shape index (κ2) is 7.39. The lowest BCUT2D eigenvalue weighted by atomic mass is 9.99. The minimum atomic E-state index is -0.333. The van der Waals surface area contributed by atoms with Gasteiger partial charge in [-0.15, -0.1) is 0 Å². The maximum atomic E-state index is 12.4. The number of hydrogen-bond donors (Lipinski definition) is 1. The van der Waals surface area contributed by atoms with Gasteiger partial charge in [-0.05, 0) is 44.6 Å². The van der Waals surface area contributed by atoms with Crippen LogP contribution in [0.1, 0.15) is 52.9 Å². The molecule has 0 bridgehead atoms. The molecule has 0 saturated carbocycles. The second-order valence-electron chi connectivity index (χ2n) is 5.31. The smallest absolute Gasteiger partial charge is 0.243 e. The highest BCUT2D eigenvalue weighted by Gasteiger charge is 2.45. The normalized spacial score (nSPS) is 28.1. The topological polar surface area (TPSA) is 32.3 Å². The molecule has 1 aliphatic rings. The maximum Gasteiger partial charge on any atom is 0.243 e. The predicted molar refractivity (Wildman–Crippen MR) is 79.9 cm³/mol.